The summed E-state index contributed by atoms with van der Waals surface area (Å²) >= 11 is 0. The molecule has 15 heavy (non-hydrogen) atoms. The Bertz CT molecular complexity index is 478. The van der Waals surface area contributed by atoms with Crippen molar-refractivity contribution in [3.63, 3.8) is 0 Å². The Morgan fingerprint density at radius 2 is 2.27 bits per heavy atom. The van der Waals surface area contributed by atoms with Crippen LogP contribution in [0.3, 0.4) is 0 Å². The molecule has 2 rings (SSSR count). The zero-order chi connectivity index (χ0) is 10.8. The molecule has 2 aromatic rings. The molecule has 0 aliphatic heterocycles. The van der Waals surface area contributed by atoms with Crippen molar-refractivity contribution in [2.45, 2.75) is 13.3 Å². The minimum atomic E-state index is -0.302. The summed E-state index contributed by atoms with van der Waals surface area (Å²) < 4.78 is 14.6. The first kappa shape index (κ1) is 9.64. The number of hydrogen-bond donors (Lipinski definition) is 1. The average molecular weight is 206 g/mol. The maximum Gasteiger partial charge on any atom is 0.240 e. The summed E-state index contributed by atoms with van der Waals surface area (Å²) in [5.41, 5.74) is 6.13. The van der Waals surface area contributed by atoms with Crippen molar-refractivity contribution < 1.29 is 4.39 Å². The highest BCUT2D eigenvalue weighted by Gasteiger charge is 2.07. The van der Waals surface area contributed by atoms with E-state index in [1.54, 1.807) is 16.8 Å². The molecule has 1 heterocycles. The van der Waals surface area contributed by atoms with Gasteiger partial charge in [-0.05, 0) is 18.2 Å². The summed E-state index contributed by atoms with van der Waals surface area (Å²) in [5.74, 6) is 0.623. The van der Waals surface area contributed by atoms with Crippen molar-refractivity contribution in [1.82, 2.24) is 14.8 Å². The van der Waals surface area contributed by atoms with Crippen LogP contribution in [0.4, 0.5) is 10.3 Å². The normalized spacial score (nSPS) is 10.5. The third-order valence-electron chi connectivity index (χ3n) is 2.06. The van der Waals surface area contributed by atoms with Gasteiger partial charge in [-0.15, -0.1) is 5.10 Å². The van der Waals surface area contributed by atoms with Crippen LogP contribution >= 0.6 is 0 Å². The van der Waals surface area contributed by atoms with Gasteiger partial charge in [-0.3, -0.25) is 0 Å². The number of nitrogens with zero attached hydrogens (tertiary/aromatic N) is 3. The molecule has 0 radical (unpaired) electrons. The molecule has 0 saturated carbocycles. The van der Waals surface area contributed by atoms with Crippen molar-refractivity contribution in [3.8, 4) is 5.69 Å². The van der Waals surface area contributed by atoms with Gasteiger partial charge in [-0.1, -0.05) is 13.0 Å². The molecular formula is C10H11FN4. The van der Waals surface area contributed by atoms with Crippen LogP contribution in [0.5, 0.6) is 0 Å². The number of benzene rings is 1. The highest BCUT2D eigenvalue weighted by molar-refractivity contribution is 5.33. The first-order valence-corrected chi connectivity index (χ1v) is 4.68. The standard InChI is InChI=1S/C10H11FN4/c1-2-9-13-10(12)14-15(9)8-5-3-4-7(11)6-8/h3-6H,2H2,1H3,(H2,12,14). The fourth-order valence-corrected chi connectivity index (χ4v) is 1.41. The van der Waals surface area contributed by atoms with Gasteiger partial charge in [-0.2, -0.15) is 4.98 Å². The number of nitrogen functional groups attached to an aromatic ring is 1. The van der Waals surface area contributed by atoms with Gasteiger partial charge in [0.2, 0.25) is 5.95 Å². The van der Waals surface area contributed by atoms with Crippen molar-refractivity contribution in [2.24, 2.45) is 0 Å². The smallest absolute Gasteiger partial charge is 0.240 e. The van der Waals surface area contributed by atoms with Gasteiger partial charge in [0.1, 0.15) is 11.6 Å². The molecule has 78 valence electrons. The second-order valence-corrected chi connectivity index (χ2v) is 3.13. The number of nitrogens with two attached hydrogens (primary N) is 1. The molecule has 0 amide bonds. The third kappa shape index (κ3) is 1.81. The lowest BCUT2D eigenvalue weighted by molar-refractivity contribution is 0.624. The molecule has 1 aromatic heterocycles. The lowest BCUT2D eigenvalue weighted by Crippen LogP contribution is -2.02. The van der Waals surface area contributed by atoms with Crippen LogP contribution < -0.4 is 5.73 Å². The van der Waals surface area contributed by atoms with E-state index in [0.717, 1.165) is 5.82 Å². The Kier molecular flexibility index (Phi) is 2.37. The van der Waals surface area contributed by atoms with E-state index in [0.29, 0.717) is 12.1 Å². The predicted molar refractivity (Wildman–Crippen MR) is 55.1 cm³/mol. The largest absolute Gasteiger partial charge is 0.366 e. The molecular weight excluding hydrogens is 195 g/mol. The Balaban J connectivity index is 2.53. The fraction of sp³-hybridized carbons (Fsp3) is 0.200. The molecule has 0 fully saturated rings. The van der Waals surface area contributed by atoms with E-state index in [-0.39, 0.29) is 11.8 Å². The predicted octanol–water partition coefficient (Wildman–Crippen LogP) is 1.55. The van der Waals surface area contributed by atoms with E-state index in [2.05, 4.69) is 10.1 Å². The molecule has 2 N–H and O–H groups in total. The Hall–Kier alpha value is -1.91. The maximum absolute atomic E-state index is 13.0. The van der Waals surface area contributed by atoms with Crippen molar-refractivity contribution >= 4 is 5.95 Å². The molecule has 0 atom stereocenters. The zero-order valence-corrected chi connectivity index (χ0v) is 8.31. The average Bonchev–Trinajstić information content (AvgIpc) is 2.59. The monoisotopic (exact) mass is 206 g/mol. The minimum absolute atomic E-state index is 0.205. The van der Waals surface area contributed by atoms with E-state index in [9.17, 15) is 4.39 Å². The van der Waals surface area contributed by atoms with E-state index in [1.807, 2.05) is 6.92 Å². The number of hydrogen-bond acceptors (Lipinski definition) is 3. The first-order chi connectivity index (χ1) is 7.20. The highest BCUT2D eigenvalue weighted by atomic mass is 19.1. The summed E-state index contributed by atoms with van der Waals surface area (Å²) in [5, 5.41) is 4.01. The van der Waals surface area contributed by atoms with E-state index in [4.69, 9.17) is 5.73 Å². The number of halogens is 1. The summed E-state index contributed by atoms with van der Waals surface area (Å²) in [7, 11) is 0. The van der Waals surface area contributed by atoms with Gasteiger partial charge in [0.25, 0.3) is 0 Å². The summed E-state index contributed by atoms with van der Waals surface area (Å²) in [6.45, 7) is 1.94. The SMILES string of the molecule is CCc1nc(N)nn1-c1cccc(F)c1. The summed E-state index contributed by atoms with van der Waals surface area (Å²) in [6, 6.07) is 6.17. The van der Waals surface area contributed by atoms with Gasteiger partial charge in [0, 0.05) is 6.42 Å². The number of anilines is 1. The van der Waals surface area contributed by atoms with Gasteiger partial charge in [0.05, 0.1) is 5.69 Å². The highest BCUT2D eigenvalue weighted by Crippen LogP contribution is 2.12. The molecule has 1 aromatic carbocycles. The first-order valence-electron chi connectivity index (χ1n) is 4.68. The Morgan fingerprint density at radius 3 is 2.93 bits per heavy atom. The van der Waals surface area contributed by atoms with Crippen LogP contribution in [0.1, 0.15) is 12.7 Å². The molecule has 0 unspecified atom stereocenters. The van der Waals surface area contributed by atoms with E-state index < -0.39 is 0 Å². The van der Waals surface area contributed by atoms with Gasteiger partial charge in [-0.25, -0.2) is 9.07 Å². The molecule has 5 heteroatoms. The number of aryl methyl sites for hydroxylation is 1. The van der Waals surface area contributed by atoms with Crippen LogP contribution in [0, 0.1) is 5.82 Å². The lowest BCUT2D eigenvalue weighted by Gasteiger charge is -2.03. The quantitative estimate of drug-likeness (QED) is 0.811. The second kappa shape index (κ2) is 3.68. The summed E-state index contributed by atoms with van der Waals surface area (Å²) in [4.78, 5) is 4.04. The zero-order valence-electron chi connectivity index (χ0n) is 8.31. The van der Waals surface area contributed by atoms with Crippen LogP contribution in [0.25, 0.3) is 5.69 Å². The number of aromatic nitrogens is 3. The molecule has 0 saturated heterocycles. The van der Waals surface area contributed by atoms with Crippen molar-refractivity contribution in [3.05, 3.63) is 35.9 Å². The fourth-order valence-electron chi connectivity index (χ4n) is 1.41. The molecule has 0 aliphatic carbocycles. The third-order valence-corrected chi connectivity index (χ3v) is 2.06. The number of rotatable bonds is 2. The topological polar surface area (TPSA) is 56.7 Å². The Labute approximate surface area is 86.6 Å². The molecule has 0 aliphatic rings. The van der Waals surface area contributed by atoms with E-state index >= 15 is 0 Å². The Morgan fingerprint density at radius 1 is 1.47 bits per heavy atom. The molecule has 4 nitrogen and oxygen atoms in total. The maximum atomic E-state index is 13.0. The van der Waals surface area contributed by atoms with Crippen LogP contribution in [0.15, 0.2) is 24.3 Å². The van der Waals surface area contributed by atoms with Crippen LogP contribution in [-0.4, -0.2) is 14.8 Å². The van der Waals surface area contributed by atoms with Gasteiger partial charge in [0.15, 0.2) is 0 Å². The van der Waals surface area contributed by atoms with E-state index in [1.165, 1.54) is 12.1 Å². The van der Waals surface area contributed by atoms with Crippen molar-refractivity contribution in [2.75, 3.05) is 5.73 Å². The van der Waals surface area contributed by atoms with Gasteiger partial charge < -0.3 is 5.73 Å². The van der Waals surface area contributed by atoms with Crippen LogP contribution in [-0.2, 0) is 6.42 Å². The lowest BCUT2D eigenvalue weighted by atomic mass is 10.3. The summed E-state index contributed by atoms with van der Waals surface area (Å²) in [6.07, 6.45) is 0.695. The van der Waals surface area contributed by atoms with Gasteiger partial charge >= 0.3 is 0 Å². The second-order valence-electron chi connectivity index (χ2n) is 3.13. The molecule has 0 bridgehead atoms. The van der Waals surface area contributed by atoms with Crippen LogP contribution in [0.2, 0.25) is 0 Å². The minimum Gasteiger partial charge on any atom is -0.366 e. The van der Waals surface area contributed by atoms with Crippen molar-refractivity contribution in [1.29, 1.82) is 0 Å². The molecule has 0 spiro atoms.